The Hall–Kier alpha value is -0.440. The van der Waals surface area contributed by atoms with Gasteiger partial charge in [-0.1, -0.05) is 46.9 Å². The first-order valence-electron chi connectivity index (χ1n) is 3.85. The quantitative estimate of drug-likeness (QED) is 0.646. The normalized spacial score (nSPS) is 11.1. The summed E-state index contributed by atoms with van der Waals surface area (Å²) in [4.78, 5) is 11.6. The number of hydrogen-bond acceptors (Lipinski definition) is 2. The van der Waals surface area contributed by atoms with Crippen LogP contribution in [0.25, 0.3) is 0 Å². The molecular weight excluding hydrogens is 244 g/mol. The maximum atomic E-state index is 11.6. The molecule has 0 heterocycles. The van der Waals surface area contributed by atoms with Gasteiger partial charge < -0.3 is 5.32 Å². The molecule has 0 fully saturated rings. The number of carbonyl (C=O) groups excluding carboxylic acids is 1. The number of nitrogens with one attached hydrogen (secondary N) is 1. The van der Waals surface area contributed by atoms with Gasteiger partial charge in [0.15, 0.2) is 0 Å². The van der Waals surface area contributed by atoms with E-state index in [1.165, 1.54) is 0 Å². The number of ketones is 1. The molecule has 0 spiro atoms. The van der Waals surface area contributed by atoms with Gasteiger partial charge in [-0.15, -0.1) is 0 Å². The summed E-state index contributed by atoms with van der Waals surface area (Å²) in [5.41, 5.74) is 1.01. The first-order valence-corrected chi connectivity index (χ1v) is 4.98. The molecule has 5 heteroatoms. The van der Waals surface area contributed by atoms with Gasteiger partial charge in [0, 0.05) is 18.3 Å². The van der Waals surface area contributed by atoms with Crippen LogP contribution in [-0.4, -0.2) is 16.6 Å². The van der Waals surface area contributed by atoms with Crippen LogP contribution in [0.2, 0.25) is 0 Å². The van der Waals surface area contributed by atoms with Crippen LogP contribution in [0.5, 0.6) is 0 Å². The zero-order valence-corrected chi connectivity index (χ0v) is 9.62. The lowest BCUT2D eigenvalue weighted by Gasteiger charge is -2.12. The molecule has 14 heavy (non-hydrogen) atoms. The molecule has 0 aliphatic carbocycles. The van der Waals surface area contributed by atoms with Crippen LogP contribution in [0, 0.1) is 0 Å². The molecule has 0 bridgehead atoms. The Morgan fingerprint density at radius 2 is 1.86 bits per heavy atom. The molecule has 0 amide bonds. The van der Waals surface area contributed by atoms with E-state index in [4.69, 9.17) is 34.8 Å². The highest BCUT2D eigenvalue weighted by Gasteiger charge is 2.32. The van der Waals surface area contributed by atoms with Crippen molar-refractivity contribution in [1.82, 2.24) is 0 Å². The first-order chi connectivity index (χ1) is 6.46. The molecule has 2 nitrogen and oxygen atoms in total. The second kappa shape index (κ2) is 4.39. The van der Waals surface area contributed by atoms with Crippen molar-refractivity contribution in [3.63, 3.8) is 0 Å². The van der Waals surface area contributed by atoms with E-state index in [1.807, 2.05) is 0 Å². The van der Waals surface area contributed by atoms with Gasteiger partial charge in [0.05, 0.1) is 0 Å². The molecule has 0 aliphatic rings. The molecule has 1 aromatic carbocycles. The molecule has 1 rings (SSSR count). The van der Waals surface area contributed by atoms with E-state index < -0.39 is 9.58 Å². The molecular formula is C9H8Cl3NO. The Bertz CT molecular complexity index is 346. The third-order valence-corrected chi connectivity index (χ3v) is 2.21. The summed E-state index contributed by atoms with van der Waals surface area (Å²) in [7, 11) is 1.70. The summed E-state index contributed by atoms with van der Waals surface area (Å²) in [6.45, 7) is 0. The Morgan fingerprint density at radius 3 is 2.36 bits per heavy atom. The third-order valence-electron chi connectivity index (χ3n) is 1.70. The minimum Gasteiger partial charge on any atom is -0.388 e. The summed E-state index contributed by atoms with van der Waals surface area (Å²) in [5, 5.41) is 2.85. The lowest BCUT2D eigenvalue weighted by molar-refractivity contribution is 0.0997. The van der Waals surface area contributed by atoms with Crippen molar-refractivity contribution < 1.29 is 4.79 Å². The van der Waals surface area contributed by atoms with Crippen molar-refractivity contribution in [2.45, 2.75) is 3.79 Å². The van der Waals surface area contributed by atoms with Gasteiger partial charge in [0.2, 0.25) is 5.78 Å². The average Bonchev–Trinajstić information content (AvgIpc) is 2.15. The summed E-state index contributed by atoms with van der Waals surface area (Å²) in [6.07, 6.45) is 0. The zero-order valence-electron chi connectivity index (χ0n) is 7.35. The number of benzene rings is 1. The van der Waals surface area contributed by atoms with E-state index in [1.54, 1.807) is 31.3 Å². The molecule has 0 atom stereocenters. The van der Waals surface area contributed by atoms with Gasteiger partial charge in [-0.25, -0.2) is 0 Å². The fourth-order valence-corrected chi connectivity index (χ4v) is 1.36. The van der Waals surface area contributed by atoms with E-state index in [0.29, 0.717) is 11.3 Å². The topological polar surface area (TPSA) is 29.1 Å². The van der Waals surface area contributed by atoms with Crippen molar-refractivity contribution in [2.75, 3.05) is 12.4 Å². The second-order valence-corrected chi connectivity index (χ2v) is 4.90. The van der Waals surface area contributed by atoms with E-state index >= 15 is 0 Å². The SMILES string of the molecule is CNc1ccccc1C(=O)C(Cl)(Cl)Cl. The number of anilines is 1. The molecule has 0 aliphatic heterocycles. The number of alkyl halides is 3. The van der Waals surface area contributed by atoms with E-state index in [-0.39, 0.29) is 0 Å². The van der Waals surface area contributed by atoms with E-state index in [2.05, 4.69) is 5.32 Å². The highest BCUT2D eigenvalue weighted by atomic mass is 35.6. The maximum absolute atomic E-state index is 11.6. The zero-order chi connectivity index (χ0) is 10.8. The molecule has 1 N–H and O–H groups in total. The Kier molecular flexibility index (Phi) is 3.65. The molecule has 0 saturated heterocycles. The second-order valence-electron chi connectivity index (χ2n) is 2.62. The van der Waals surface area contributed by atoms with Crippen molar-refractivity contribution in [1.29, 1.82) is 0 Å². The van der Waals surface area contributed by atoms with Crippen LogP contribution >= 0.6 is 34.8 Å². The smallest absolute Gasteiger partial charge is 0.253 e. The highest BCUT2D eigenvalue weighted by Crippen LogP contribution is 2.32. The Balaban J connectivity index is 3.13. The lowest BCUT2D eigenvalue weighted by Crippen LogP contribution is -2.20. The molecule has 0 saturated carbocycles. The summed E-state index contributed by atoms with van der Waals surface area (Å²) >= 11 is 16.5. The maximum Gasteiger partial charge on any atom is 0.253 e. The number of carbonyl (C=O) groups is 1. The van der Waals surface area contributed by atoms with Crippen LogP contribution < -0.4 is 5.32 Å². The first kappa shape index (κ1) is 11.6. The van der Waals surface area contributed by atoms with Gasteiger partial charge in [-0.3, -0.25) is 4.79 Å². The molecule has 0 unspecified atom stereocenters. The van der Waals surface area contributed by atoms with Gasteiger partial charge in [-0.2, -0.15) is 0 Å². The summed E-state index contributed by atoms with van der Waals surface area (Å²) in [5.74, 6) is -0.535. The van der Waals surface area contributed by atoms with Crippen LogP contribution in [0.1, 0.15) is 10.4 Å². The van der Waals surface area contributed by atoms with Crippen molar-refractivity contribution >= 4 is 46.3 Å². The van der Waals surface area contributed by atoms with Crippen molar-refractivity contribution in [3.05, 3.63) is 29.8 Å². The summed E-state index contributed by atoms with van der Waals surface area (Å²) in [6, 6.07) is 6.85. The average molecular weight is 253 g/mol. The standard InChI is InChI=1S/C9H8Cl3NO/c1-13-7-5-3-2-4-6(7)8(14)9(10,11)12/h2-5,13H,1H3. The number of rotatable bonds is 2. The van der Waals surface area contributed by atoms with Crippen LogP contribution in [0.15, 0.2) is 24.3 Å². The number of para-hydroxylation sites is 1. The van der Waals surface area contributed by atoms with Gasteiger partial charge in [0.1, 0.15) is 0 Å². The fourth-order valence-electron chi connectivity index (χ4n) is 1.05. The fraction of sp³-hybridized carbons (Fsp3) is 0.222. The number of hydrogen-bond donors (Lipinski definition) is 1. The molecule has 0 aromatic heterocycles. The van der Waals surface area contributed by atoms with Crippen molar-refractivity contribution in [2.24, 2.45) is 0 Å². The minimum absolute atomic E-state index is 0.370. The number of halogens is 3. The predicted molar refractivity (Wildman–Crippen MR) is 60.6 cm³/mol. The molecule has 1 aromatic rings. The predicted octanol–water partition coefficient (Wildman–Crippen LogP) is 3.28. The Morgan fingerprint density at radius 1 is 1.29 bits per heavy atom. The highest BCUT2D eigenvalue weighted by molar-refractivity contribution is 6.77. The van der Waals surface area contributed by atoms with Crippen LogP contribution in [0.3, 0.4) is 0 Å². The van der Waals surface area contributed by atoms with Crippen LogP contribution in [0.4, 0.5) is 5.69 Å². The summed E-state index contributed by atoms with van der Waals surface area (Å²) < 4.78 is -1.91. The largest absolute Gasteiger partial charge is 0.388 e. The monoisotopic (exact) mass is 251 g/mol. The number of Topliss-reactive ketones (excluding diaryl/α,β-unsaturated/α-hetero) is 1. The molecule has 0 radical (unpaired) electrons. The van der Waals surface area contributed by atoms with E-state index in [9.17, 15) is 4.79 Å². The van der Waals surface area contributed by atoms with Gasteiger partial charge in [0.25, 0.3) is 3.79 Å². The molecule has 76 valence electrons. The lowest BCUT2D eigenvalue weighted by atomic mass is 10.1. The Labute approximate surface area is 97.1 Å². The van der Waals surface area contributed by atoms with Crippen LogP contribution in [-0.2, 0) is 0 Å². The van der Waals surface area contributed by atoms with Crippen molar-refractivity contribution in [3.8, 4) is 0 Å². The third kappa shape index (κ3) is 2.53. The van der Waals surface area contributed by atoms with Gasteiger partial charge >= 0.3 is 0 Å². The minimum atomic E-state index is -1.91. The van der Waals surface area contributed by atoms with E-state index in [0.717, 1.165) is 0 Å². The van der Waals surface area contributed by atoms with Gasteiger partial charge in [-0.05, 0) is 12.1 Å².